The summed E-state index contributed by atoms with van der Waals surface area (Å²) >= 11 is 0. The molecule has 78 valence electrons. The van der Waals surface area contributed by atoms with E-state index in [2.05, 4.69) is 48.1 Å². The molecule has 1 aromatic carbocycles. The summed E-state index contributed by atoms with van der Waals surface area (Å²) in [7, 11) is 0. The molecular weight excluding hydrogens is 184 g/mol. The third-order valence-electron chi connectivity index (χ3n) is 2.71. The number of hydrogen-bond acceptors (Lipinski definition) is 1. The van der Waals surface area contributed by atoms with Crippen LogP contribution >= 0.6 is 0 Å². The van der Waals surface area contributed by atoms with Crippen LogP contribution in [0.1, 0.15) is 22.5 Å². The second-order valence-electron chi connectivity index (χ2n) is 3.96. The predicted octanol–water partition coefficient (Wildman–Crippen LogP) is 2.81. The van der Waals surface area contributed by atoms with Gasteiger partial charge in [0.25, 0.3) is 0 Å². The highest BCUT2D eigenvalue weighted by Gasteiger charge is 2.01. The molecule has 0 aliphatic heterocycles. The number of aryl methyl sites for hydroxylation is 4. The Morgan fingerprint density at radius 3 is 2.40 bits per heavy atom. The van der Waals surface area contributed by atoms with Crippen LogP contribution in [0.2, 0.25) is 0 Å². The van der Waals surface area contributed by atoms with Gasteiger partial charge < -0.3 is 4.98 Å². The van der Waals surface area contributed by atoms with E-state index in [1.54, 1.807) is 6.33 Å². The number of aromatic amines is 1. The first-order chi connectivity index (χ1) is 7.25. The standard InChI is InChI=1S/C13H16N2/c1-10-3-5-12(6-4-10)7-8-13-11(2)14-9-15-13/h3-6,9H,7-8H2,1-2H3,(H,14,15). The highest BCUT2D eigenvalue weighted by molar-refractivity contribution is 5.22. The van der Waals surface area contributed by atoms with Gasteiger partial charge in [-0.2, -0.15) is 0 Å². The summed E-state index contributed by atoms with van der Waals surface area (Å²) < 4.78 is 0. The van der Waals surface area contributed by atoms with Crippen LogP contribution < -0.4 is 0 Å². The Kier molecular flexibility index (Phi) is 2.86. The maximum absolute atomic E-state index is 4.29. The molecule has 0 spiro atoms. The smallest absolute Gasteiger partial charge is 0.0925 e. The van der Waals surface area contributed by atoms with E-state index >= 15 is 0 Å². The van der Waals surface area contributed by atoms with Gasteiger partial charge in [-0.1, -0.05) is 29.8 Å². The zero-order chi connectivity index (χ0) is 10.7. The maximum Gasteiger partial charge on any atom is 0.0925 e. The van der Waals surface area contributed by atoms with Gasteiger partial charge in [-0.05, 0) is 32.3 Å². The SMILES string of the molecule is Cc1ccc(CCc2nc[nH]c2C)cc1. The molecule has 0 amide bonds. The largest absolute Gasteiger partial charge is 0.348 e. The number of H-pyrrole nitrogens is 1. The van der Waals surface area contributed by atoms with E-state index in [9.17, 15) is 0 Å². The van der Waals surface area contributed by atoms with E-state index in [-0.39, 0.29) is 0 Å². The lowest BCUT2D eigenvalue weighted by molar-refractivity contribution is 0.913. The quantitative estimate of drug-likeness (QED) is 0.811. The number of imidazole rings is 1. The topological polar surface area (TPSA) is 28.7 Å². The fourth-order valence-electron chi connectivity index (χ4n) is 1.66. The summed E-state index contributed by atoms with van der Waals surface area (Å²) in [6.07, 6.45) is 3.84. The van der Waals surface area contributed by atoms with Crippen molar-refractivity contribution >= 4 is 0 Å². The molecule has 2 nitrogen and oxygen atoms in total. The number of hydrogen-bond donors (Lipinski definition) is 1. The Labute approximate surface area is 90.4 Å². The minimum Gasteiger partial charge on any atom is -0.348 e. The van der Waals surface area contributed by atoms with Crippen molar-refractivity contribution < 1.29 is 0 Å². The van der Waals surface area contributed by atoms with Gasteiger partial charge in [0, 0.05) is 5.69 Å². The number of benzene rings is 1. The average Bonchev–Trinajstić information content (AvgIpc) is 2.63. The van der Waals surface area contributed by atoms with Crippen molar-refractivity contribution in [1.29, 1.82) is 0 Å². The summed E-state index contributed by atoms with van der Waals surface area (Å²) in [6.45, 7) is 4.18. The van der Waals surface area contributed by atoms with E-state index in [1.807, 2.05) is 0 Å². The average molecular weight is 200 g/mol. The lowest BCUT2D eigenvalue weighted by Crippen LogP contribution is -1.93. The molecule has 15 heavy (non-hydrogen) atoms. The maximum atomic E-state index is 4.29. The summed E-state index contributed by atoms with van der Waals surface area (Å²) in [6, 6.07) is 8.70. The minimum absolute atomic E-state index is 1.01. The van der Waals surface area contributed by atoms with Crippen molar-refractivity contribution in [2.24, 2.45) is 0 Å². The van der Waals surface area contributed by atoms with Crippen LogP contribution in [0.3, 0.4) is 0 Å². The van der Waals surface area contributed by atoms with Crippen LogP contribution in [0.25, 0.3) is 0 Å². The van der Waals surface area contributed by atoms with Gasteiger partial charge in [0.2, 0.25) is 0 Å². The minimum atomic E-state index is 1.01. The van der Waals surface area contributed by atoms with Crippen LogP contribution in [0.5, 0.6) is 0 Å². The Hall–Kier alpha value is -1.57. The number of nitrogens with one attached hydrogen (secondary N) is 1. The van der Waals surface area contributed by atoms with Crippen molar-refractivity contribution in [3.8, 4) is 0 Å². The van der Waals surface area contributed by atoms with Crippen molar-refractivity contribution in [3.05, 3.63) is 53.1 Å². The molecule has 0 radical (unpaired) electrons. The highest BCUT2D eigenvalue weighted by atomic mass is 14.9. The van der Waals surface area contributed by atoms with Crippen LogP contribution in [0, 0.1) is 13.8 Å². The molecule has 0 fully saturated rings. The lowest BCUT2D eigenvalue weighted by atomic mass is 10.1. The van der Waals surface area contributed by atoms with Crippen molar-refractivity contribution in [2.45, 2.75) is 26.7 Å². The second-order valence-corrected chi connectivity index (χ2v) is 3.96. The van der Waals surface area contributed by atoms with E-state index in [0.29, 0.717) is 0 Å². The first kappa shape index (κ1) is 9.97. The molecule has 2 aromatic rings. The fourth-order valence-corrected chi connectivity index (χ4v) is 1.66. The molecule has 0 saturated carbocycles. The van der Waals surface area contributed by atoms with Crippen molar-refractivity contribution in [2.75, 3.05) is 0 Å². The van der Waals surface area contributed by atoms with Gasteiger partial charge in [-0.15, -0.1) is 0 Å². The molecule has 0 saturated heterocycles. The summed E-state index contributed by atoms with van der Waals surface area (Å²) in [5.41, 5.74) is 5.05. The normalized spacial score (nSPS) is 10.5. The van der Waals surface area contributed by atoms with Crippen LogP contribution in [0.4, 0.5) is 0 Å². The molecule has 0 bridgehead atoms. The van der Waals surface area contributed by atoms with Gasteiger partial charge in [0.15, 0.2) is 0 Å². The third-order valence-corrected chi connectivity index (χ3v) is 2.71. The zero-order valence-electron chi connectivity index (χ0n) is 9.25. The Bertz CT molecular complexity index is 426. The van der Waals surface area contributed by atoms with Gasteiger partial charge in [0.05, 0.1) is 12.0 Å². The zero-order valence-corrected chi connectivity index (χ0v) is 9.25. The molecule has 1 N–H and O–H groups in total. The van der Waals surface area contributed by atoms with Crippen molar-refractivity contribution in [3.63, 3.8) is 0 Å². The Morgan fingerprint density at radius 2 is 1.80 bits per heavy atom. The molecule has 0 aliphatic rings. The Morgan fingerprint density at radius 1 is 1.07 bits per heavy atom. The fraction of sp³-hybridized carbons (Fsp3) is 0.308. The van der Waals surface area contributed by atoms with Crippen LogP contribution in [0.15, 0.2) is 30.6 Å². The van der Waals surface area contributed by atoms with E-state index in [4.69, 9.17) is 0 Å². The first-order valence-corrected chi connectivity index (χ1v) is 5.30. The second kappa shape index (κ2) is 4.30. The molecule has 1 aromatic heterocycles. The van der Waals surface area contributed by atoms with E-state index in [0.717, 1.165) is 12.8 Å². The van der Waals surface area contributed by atoms with Crippen LogP contribution in [-0.4, -0.2) is 9.97 Å². The van der Waals surface area contributed by atoms with E-state index in [1.165, 1.54) is 22.5 Å². The highest BCUT2D eigenvalue weighted by Crippen LogP contribution is 2.08. The molecule has 2 rings (SSSR count). The van der Waals surface area contributed by atoms with Gasteiger partial charge >= 0.3 is 0 Å². The predicted molar refractivity (Wildman–Crippen MR) is 61.9 cm³/mol. The molecule has 0 unspecified atom stereocenters. The number of aromatic nitrogens is 2. The van der Waals surface area contributed by atoms with Gasteiger partial charge in [0.1, 0.15) is 0 Å². The first-order valence-electron chi connectivity index (χ1n) is 5.30. The van der Waals surface area contributed by atoms with Crippen LogP contribution in [-0.2, 0) is 12.8 Å². The third kappa shape index (κ3) is 2.46. The summed E-state index contributed by atoms with van der Waals surface area (Å²) in [4.78, 5) is 7.40. The molecular formula is C13H16N2. The van der Waals surface area contributed by atoms with Gasteiger partial charge in [-0.25, -0.2) is 4.98 Å². The van der Waals surface area contributed by atoms with E-state index < -0.39 is 0 Å². The molecule has 1 heterocycles. The molecule has 0 aliphatic carbocycles. The number of nitrogens with zero attached hydrogens (tertiary/aromatic N) is 1. The molecule has 0 atom stereocenters. The van der Waals surface area contributed by atoms with Gasteiger partial charge in [-0.3, -0.25) is 0 Å². The summed E-state index contributed by atoms with van der Waals surface area (Å²) in [5, 5.41) is 0. The Balaban J connectivity index is 1.99. The number of rotatable bonds is 3. The van der Waals surface area contributed by atoms with Crippen molar-refractivity contribution in [1.82, 2.24) is 9.97 Å². The monoisotopic (exact) mass is 200 g/mol. The lowest BCUT2D eigenvalue weighted by Gasteiger charge is -2.01. The molecule has 2 heteroatoms. The summed E-state index contributed by atoms with van der Waals surface area (Å²) in [5.74, 6) is 0.